The summed E-state index contributed by atoms with van der Waals surface area (Å²) in [5.41, 5.74) is 2.30. The van der Waals surface area contributed by atoms with Gasteiger partial charge in [-0.05, 0) is 35.0 Å². The fraction of sp³-hybridized carbons (Fsp3) is 0.0909. The van der Waals surface area contributed by atoms with Gasteiger partial charge in [-0.25, -0.2) is 13.1 Å². The van der Waals surface area contributed by atoms with Gasteiger partial charge in [0.1, 0.15) is 5.82 Å². The molecule has 3 aromatic carbocycles. The van der Waals surface area contributed by atoms with Crippen LogP contribution in [0.15, 0.2) is 72.8 Å². The van der Waals surface area contributed by atoms with Gasteiger partial charge in [0.25, 0.3) is 5.91 Å². The van der Waals surface area contributed by atoms with E-state index in [4.69, 9.17) is 0 Å². The zero-order valence-electron chi connectivity index (χ0n) is 15.4. The molecule has 1 aliphatic heterocycles. The van der Waals surface area contributed by atoms with Gasteiger partial charge in [-0.3, -0.25) is 4.79 Å². The van der Waals surface area contributed by atoms with Crippen molar-refractivity contribution in [3.05, 3.63) is 89.6 Å². The molecule has 2 heterocycles. The van der Waals surface area contributed by atoms with Crippen LogP contribution in [0.1, 0.15) is 21.6 Å². The maximum Gasteiger partial charge on any atom is 0.256 e. The summed E-state index contributed by atoms with van der Waals surface area (Å²) in [5.74, 6) is -0.130. The second-order valence-corrected chi connectivity index (χ2v) is 9.13. The molecule has 4 aromatic rings. The lowest BCUT2D eigenvalue weighted by molar-refractivity contribution is 0.102. The van der Waals surface area contributed by atoms with E-state index in [0.717, 1.165) is 16.5 Å². The van der Waals surface area contributed by atoms with Crippen molar-refractivity contribution >= 4 is 32.3 Å². The zero-order chi connectivity index (χ0) is 20.0. The van der Waals surface area contributed by atoms with E-state index < -0.39 is 9.84 Å². The van der Waals surface area contributed by atoms with E-state index in [1.165, 1.54) is 0 Å². The normalized spacial score (nSPS) is 14.6. The second kappa shape index (κ2) is 6.56. The fourth-order valence-electron chi connectivity index (χ4n) is 3.64. The number of rotatable bonds is 3. The lowest BCUT2D eigenvalue weighted by Crippen LogP contribution is -2.17. The van der Waals surface area contributed by atoms with Crippen LogP contribution in [0.3, 0.4) is 0 Å². The van der Waals surface area contributed by atoms with E-state index in [0.29, 0.717) is 22.6 Å². The van der Waals surface area contributed by atoms with Crippen LogP contribution in [0.25, 0.3) is 16.5 Å². The number of benzene rings is 3. The third kappa shape index (κ3) is 3.19. The molecule has 0 unspecified atom stereocenters. The minimum atomic E-state index is -3.24. The van der Waals surface area contributed by atoms with Crippen molar-refractivity contribution in [2.75, 3.05) is 5.32 Å². The van der Waals surface area contributed by atoms with Crippen LogP contribution >= 0.6 is 0 Å². The summed E-state index contributed by atoms with van der Waals surface area (Å²) in [6.45, 7) is 0. The first-order chi connectivity index (χ1) is 14.0. The van der Waals surface area contributed by atoms with Gasteiger partial charge in [0, 0.05) is 11.1 Å². The quantitative estimate of drug-likeness (QED) is 0.565. The topological polar surface area (TPSA) is 81.1 Å². The standard InChI is InChI=1S/C22H17N3O3S/c26-22(17-11-10-15-6-4-5-7-16(15)12-17)23-21-19-13-29(27,28)14-20(19)24-25(21)18-8-2-1-3-9-18/h1-12H,13-14H2,(H,23,26). The number of para-hydroxylation sites is 1. The Balaban J connectivity index is 1.57. The van der Waals surface area contributed by atoms with E-state index in [1.807, 2.05) is 66.7 Å². The van der Waals surface area contributed by atoms with E-state index in [2.05, 4.69) is 10.4 Å². The zero-order valence-corrected chi connectivity index (χ0v) is 16.2. The summed E-state index contributed by atoms with van der Waals surface area (Å²) >= 11 is 0. The van der Waals surface area contributed by atoms with Crippen molar-refractivity contribution in [1.29, 1.82) is 0 Å². The molecule has 6 nitrogen and oxygen atoms in total. The third-order valence-electron chi connectivity index (χ3n) is 5.03. The SMILES string of the molecule is O=C(Nc1c2c(nn1-c1ccccc1)CS(=O)(=O)C2)c1ccc2ccccc2c1. The summed E-state index contributed by atoms with van der Waals surface area (Å²) in [7, 11) is -3.24. The highest BCUT2D eigenvalue weighted by Crippen LogP contribution is 2.33. The molecule has 0 fully saturated rings. The molecular formula is C22H17N3O3S. The van der Waals surface area contributed by atoms with Crippen LogP contribution < -0.4 is 5.32 Å². The number of amides is 1. The summed E-state index contributed by atoms with van der Waals surface area (Å²) in [6, 6.07) is 22.6. The molecule has 0 atom stereocenters. The van der Waals surface area contributed by atoms with Gasteiger partial charge in [0.05, 0.1) is 22.9 Å². The molecule has 0 bridgehead atoms. The van der Waals surface area contributed by atoms with Crippen molar-refractivity contribution < 1.29 is 13.2 Å². The van der Waals surface area contributed by atoms with Gasteiger partial charge in [0.15, 0.2) is 9.84 Å². The number of nitrogens with zero attached hydrogens (tertiary/aromatic N) is 2. The molecule has 0 radical (unpaired) electrons. The lowest BCUT2D eigenvalue weighted by atomic mass is 10.1. The Kier molecular flexibility index (Phi) is 3.99. The molecule has 0 saturated carbocycles. The van der Waals surface area contributed by atoms with Crippen LogP contribution in [0, 0.1) is 0 Å². The Bertz CT molecular complexity index is 1360. The average Bonchev–Trinajstić information content (AvgIpc) is 3.20. The number of carbonyl (C=O) groups is 1. The van der Waals surface area contributed by atoms with E-state index in [1.54, 1.807) is 10.7 Å². The number of hydrogen-bond donors (Lipinski definition) is 1. The first-order valence-electron chi connectivity index (χ1n) is 9.17. The van der Waals surface area contributed by atoms with Crippen LogP contribution in [0.2, 0.25) is 0 Å². The van der Waals surface area contributed by atoms with Crippen molar-refractivity contribution in [2.45, 2.75) is 11.5 Å². The van der Waals surface area contributed by atoms with E-state index in [-0.39, 0.29) is 17.4 Å². The van der Waals surface area contributed by atoms with Crippen molar-refractivity contribution in [3.63, 3.8) is 0 Å². The minimum absolute atomic E-state index is 0.110. The Labute approximate surface area is 167 Å². The van der Waals surface area contributed by atoms with Crippen molar-refractivity contribution in [2.24, 2.45) is 0 Å². The molecule has 0 aliphatic carbocycles. The van der Waals surface area contributed by atoms with Crippen LogP contribution in [-0.4, -0.2) is 24.1 Å². The van der Waals surface area contributed by atoms with Crippen LogP contribution in [0.4, 0.5) is 5.82 Å². The van der Waals surface area contributed by atoms with E-state index in [9.17, 15) is 13.2 Å². The van der Waals surface area contributed by atoms with Gasteiger partial charge in [-0.1, -0.05) is 48.5 Å². The molecule has 0 saturated heterocycles. The molecule has 0 spiro atoms. The number of sulfone groups is 1. The number of nitrogens with one attached hydrogen (secondary N) is 1. The maximum atomic E-state index is 13.0. The first-order valence-corrected chi connectivity index (χ1v) is 11.0. The second-order valence-electron chi connectivity index (χ2n) is 7.07. The number of fused-ring (bicyclic) bond motifs is 2. The monoisotopic (exact) mass is 403 g/mol. The molecule has 7 heteroatoms. The predicted octanol–water partition coefficient (Wildman–Crippen LogP) is 3.71. The molecular weight excluding hydrogens is 386 g/mol. The van der Waals surface area contributed by atoms with Gasteiger partial charge < -0.3 is 5.32 Å². The highest BCUT2D eigenvalue weighted by atomic mass is 32.2. The van der Waals surface area contributed by atoms with Crippen molar-refractivity contribution in [1.82, 2.24) is 9.78 Å². The number of aromatic nitrogens is 2. The minimum Gasteiger partial charge on any atom is -0.306 e. The Morgan fingerprint density at radius 3 is 2.41 bits per heavy atom. The third-order valence-corrected chi connectivity index (χ3v) is 6.47. The highest BCUT2D eigenvalue weighted by molar-refractivity contribution is 7.90. The highest BCUT2D eigenvalue weighted by Gasteiger charge is 2.33. The molecule has 1 aliphatic rings. The largest absolute Gasteiger partial charge is 0.306 e. The predicted molar refractivity (Wildman–Crippen MR) is 112 cm³/mol. The molecule has 1 amide bonds. The van der Waals surface area contributed by atoms with Gasteiger partial charge in [-0.15, -0.1) is 0 Å². The number of carbonyl (C=O) groups excluding carboxylic acids is 1. The lowest BCUT2D eigenvalue weighted by Gasteiger charge is -2.11. The fourth-order valence-corrected chi connectivity index (χ4v) is 5.13. The summed E-state index contributed by atoms with van der Waals surface area (Å²) in [6.07, 6.45) is 0. The average molecular weight is 403 g/mol. The van der Waals surface area contributed by atoms with Gasteiger partial charge in [-0.2, -0.15) is 5.10 Å². The molecule has 144 valence electrons. The molecule has 1 N–H and O–H groups in total. The van der Waals surface area contributed by atoms with E-state index >= 15 is 0 Å². The number of anilines is 1. The van der Waals surface area contributed by atoms with Crippen molar-refractivity contribution in [3.8, 4) is 5.69 Å². The van der Waals surface area contributed by atoms with Crippen LogP contribution in [-0.2, 0) is 21.3 Å². The van der Waals surface area contributed by atoms with Crippen LogP contribution in [0.5, 0.6) is 0 Å². The van der Waals surface area contributed by atoms with Gasteiger partial charge in [0.2, 0.25) is 0 Å². The molecule has 1 aromatic heterocycles. The molecule has 29 heavy (non-hydrogen) atoms. The maximum absolute atomic E-state index is 13.0. The van der Waals surface area contributed by atoms with Gasteiger partial charge >= 0.3 is 0 Å². The molecule has 5 rings (SSSR count). The first kappa shape index (κ1) is 17.6. The Hall–Kier alpha value is -3.45. The summed E-state index contributed by atoms with van der Waals surface area (Å²) in [4.78, 5) is 13.0. The Morgan fingerprint density at radius 2 is 1.62 bits per heavy atom. The summed E-state index contributed by atoms with van der Waals surface area (Å²) < 4.78 is 25.8. The number of hydrogen-bond acceptors (Lipinski definition) is 4. The Morgan fingerprint density at radius 1 is 0.897 bits per heavy atom. The smallest absolute Gasteiger partial charge is 0.256 e. The summed E-state index contributed by atoms with van der Waals surface area (Å²) in [5, 5.41) is 9.39.